The van der Waals surface area contributed by atoms with Crippen molar-refractivity contribution < 1.29 is 9.21 Å². The van der Waals surface area contributed by atoms with Crippen molar-refractivity contribution in [2.24, 2.45) is 0 Å². The van der Waals surface area contributed by atoms with E-state index in [9.17, 15) is 4.79 Å². The summed E-state index contributed by atoms with van der Waals surface area (Å²) in [4.78, 5) is 12.2. The summed E-state index contributed by atoms with van der Waals surface area (Å²) in [5.74, 6) is 0.421. The Morgan fingerprint density at radius 2 is 2.08 bits per heavy atom. The van der Waals surface area contributed by atoms with Crippen molar-refractivity contribution in [3.63, 3.8) is 0 Å². The number of carbonyl (C=O) groups excluding carboxylic acids is 1. The van der Waals surface area contributed by atoms with Crippen LogP contribution < -0.4 is 5.32 Å². The Kier molecular flexibility index (Phi) is 4.63. The number of fused-ring (bicyclic) bond motifs is 1. The summed E-state index contributed by atoms with van der Waals surface area (Å²) in [6.45, 7) is 2.00. The molecular formula is C17H13N5O2S2. The molecule has 4 aromatic rings. The fourth-order valence-corrected chi connectivity index (χ4v) is 3.50. The highest BCUT2D eigenvalue weighted by atomic mass is 32.2. The van der Waals surface area contributed by atoms with Gasteiger partial charge in [0.25, 0.3) is 5.22 Å². The highest BCUT2D eigenvalue weighted by Crippen LogP contribution is 2.25. The molecule has 7 nitrogen and oxygen atoms in total. The van der Waals surface area contributed by atoms with Crippen LogP contribution in [0.25, 0.3) is 22.5 Å². The molecular weight excluding hydrogens is 370 g/mol. The minimum absolute atomic E-state index is 0.156. The van der Waals surface area contributed by atoms with Crippen molar-refractivity contribution in [3.05, 3.63) is 48.0 Å². The quantitative estimate of drug-likeness (QED) is 0.524. The first-order chi connectivity index (χ1) is 12.7. The lowest BCUT2D eigenvalue weighted by Crippen LogP contribution is -2.14. The van der Waals surface area contributed by atoms with E-state index >= 15 is 0 Å². The second-order valence-corrected chi connectivity index (χ2v) is 6.97. The molecule has 0 radical (unpaired) electrons. The summed E-state index contributed by atoms with van der Waals surface area (Å²) in [6.07, 6.45) is 0. The van der Waals surface area contributed by atoms with Crippen LogP contribution in [0, 0.1) is 6.92 Å². The summed E-state index contributed by atoms with van der Waals surface area (Å²) >= 11 is 2.31. The number of nitrogens with one attached hydrogen (secondary N) is 1. The van der Waals surface area contributed by atoms with Gasteiger partial charge in [-0.1, -0.05) is 35.5 Å². The van der Waals surface area contributed by atoms with Gasteiger partial charge in [-0.05, 0) is 31.2 Å². The smallest absolute Gasteiger partial charge is 0.277 e. The number of nitrogens with zero attached hydrogens (tertiary/aromatic N) is 4. The van der Waals surface area contributed by atoms with Crippen LogP contribution in [0.3, 0.4) is 0 Å². The van der Waals surface area contributed by atoms with Crippen molar-refractivity contribution in [2.75, 3.05) is 11.1 Å². The van der Waals surface area contributed by atoms with E-state index in [4.69, 9.17) is 4.42 Å². The third-order valence-electron chi connectivity index (χ3n) is 3.56. The van der Waals surface area contributed by atoms with Crippen molar-refractivity contribution in [1.82, 2.24) is 18.9 Å². The minimum Gasteiger partial charge on any atom is -0.411 e. The molecule has 0 saturated heterocycles. The van der Waals surface area contributed by atoms with E-state index in [0.717, 1.165) is 28.4 Å². The Morgan fingerprint density at radius 1 is 1.19 bits per heavy atom. The number of aromatic nitrogens is 4. The normalized spacial score (nSPS) is 11.0. The molecule has 0 aliphatic heterocycles. The number of benzene rings is 2. The molecule has 0 spiro atoms. The van der Waals surface area contributed by atoms with E-state index in [0.29, 0.717) is 22.3 Å². The highest BCUT2D eigenvalue weighted by molar-refractivity contribution is 7.99. The molecule has 0 saturated carbocycles. The molecule has 1 amide bonds. The second-order valence-electron chi connectivity index (χ2n) is 5.52. The van der Waals surface area contributed by atoms with E-state index in [1.807, 2.05) is 43.3 Å². The zero-order chi connectivity index (χ0) is 17.9. The maximum absolute atomic E-state index is 12.2. The van der Waals surface area contributed by atoms with Gasteiger partial charge in [-0.3, -0.25) is 4.79 Å². The lowest BCUT2D eigenvalue weighted by atomic mass is 10.1. The van der Waals surface area contributed by atoms with Crippen molar-refractivity contribution in [3.8, 4) is 11.5 Å². The van der Waals surface area contributed by atoms with Crippen LogP contribution in [-0.4, -0.2) is 30.6 Å². The molecule has 0 aliphatic carbocycles. The van der Waals surface area contributed by atoms with Crippen molar-refractivity contribution in [1.29, 1.82) is 0 Å². The lowest BCUT2D eigenvalue weighted by Gasteiger charge is -2.04. The van der Waals surface area contributed by atoms with Crippen LogP contribution >= 0.6 is 23.5 Å². The van der Waals surface area contributed by atoms with Crippen molar-refractivity contribution >= 4 is 46.1 Å². The Hall–Kier alpha value is -2.78. The third-order valence-corrected chi connectivity index (χ3v) is 4.92. The number of hydrogen-bond acceptors (Lipinski definition) is 8. The summed E-state index contributed by atoms with van der Waals surface area (Å²) < 4.78 is 14.0. The zero-order valence-electron chi connectivity index (χ0n) is 13.7. The molecule has 0 atom stereocenters. The zero-order valence-corrected chi connectivity index (χ0v) is 15.3. The van der Waals surface area contributed by atoms with Crippen LogP contribution in [0.4, 0.5) is 5.69 Å². The fourth-order valence-electron chi connectivity index (χ4n) is 2.38. The van der Waals surface area contributed by atoms with Gasteiger partial charge in [0.05, 0.1) is 23.2 Å². The number of thioether (sulfide) groups is 1. The minimum atomic E-state index is -0.175. The van der Waals surface area contributed by atoms with Crippen LogP contribution in [0.15, 0.2) is 52.1 Å². The largest absolute Gasteiger partial charge is 0.411 e. The highest BCUT2D eigenvalue weighted by Gasteiger charge is 2.13. The average molecular weight is 383 g/mol. The molecule has 2 aromatic carbocycles. The Balaban J connectivity index is 1.40. The number of rotatable bonds is 5. The van der Waals surface area contributed by atoms with Gasteiger partial charge in [0.15, 0.2) is 0 Å². The van der Waals surface area contributed by atoms with Gasteiger partial charge in [0.2, 0.25) is 11.8 Å². The molecule has 0 fully saturated rings. The third kappa shape index (κ3) is 3.58. The molecule has 9 heteroatoms. The summed E-state index contributed by atoms with van der Waals surface area (Å²) in [7, 11) is 0. The lowest BCUT2D eigenvalue weighted by molar-refractivity contribution is -0.113. The maximum atomic E-state index is 12.2. The summed E-state index contributed by atoms with van der Waals surface area (Å²) in [6, 6.07) is 13.3. The van der Waals surface area contributed by atoms with Gasteiger partial charge in [-0.15, -0.1) is 10.2 Å². The Morgan fingerprint density at radius 3 is 2.96 bits per heavy atom. The molecule has 2 aromatic heterocycles. The predicted octanol–water partition coefficient (Wildman–Crippen LogP) is 3.78. The average Bonchev–Trinajstić information content (AvgIpc) is 3.30. The van der Waals surface area contributed by atoms with E-state index in [-0.39, 0.29) is 11.7 Å². The Labute approximate surface area is 157 Å². The number of amides is 1. The van der Waals surface area contributed by atoms with Crippen molar-refractivity contribution in [2.45, 2.75) is 12.1 Å². The predicted molar refractivity (Wildman–Crippen MR) is 101 cm³/mol. The van der Waals surface area contributed by atoms with Crippen LogP contribution in [0.2, 0.25) is 0 Å². The van der Waals surface area contributed by atoms with E-state index < -0.39 is 0 Å². The van der Waals surface area contributed by atoms with Gasteiger partial charge in [-0.2, -0.15) is 8.75 Å². The van der Waals surface area contributed by atoms with Crippen LogP contribution in [0.5, 0.6) is 0 Å². The molecule has 0 aliphatic rings. The first-order valence-electron chi connectivity index (χ1n) is 7.73. The first kappa shape index (κ1) is 16.7. The van der Waals surface area contributed by atoms with Gasteiger partial charge in [0, 0.05) is 5.56 Å². The summed E-state index contributed by atoms with van der Waals surface area (Å²) in [5.41, 5.74) is 4.07. The second kappa shape index (κ2) is 7.22. The first-order valence-corrected chi connectivity index (χ1v) is 9.45. The van der Waals surface area contributed by atoms with E-state index in [1.165, 1.54) is 11.8 Å². The molecule has 2 heterocycles. The number of aryl methyl sites for hydroxylation is 1. The van der Waals surface area contributed by atoms with Gasteiger partial charge < -0.3 is 9.73 Å². The summed E-state index contributed by atoms with van der Waals surface area (Å²) in [5, 5.41) is 11.2. The van der Waals surface area contributed by atoms with Gasteiger partial charge in [0.1, 0.15) is 11.0 Å². The molecule has 1 N–H and O–H groups in total. The van der Waals surface area contributed by atoms with Crippen LogP contribution in [0.1, 0.15) is 5.56 Å². The standard InChI is InChI=1S/C17H13N5O2S2/c1-10-4-2-5-11(8-10)16-19-20-17(24-16)25-9-14(23)18-12-6-3-7-13-15(12)22-26-21-13/h2-8H,9H2,1H3,(H,18,23). The maximum Gasteiger partial charge on any atom is 0.277 e. The fraction of sp³-hybridized carbons (Fsp3) is 0.118. The molecule has 4 rings (SSSR count). The number of hydrogen-bond donors (Lipinski definition) is 1. The molecule has 26 heavy (non-hydrogen) atoms. The number of anilines is 1. The number of carbonyl (C=O) groups is 1. The van der Waals surface area contributed by atoms with Gasteiger partial charge in [-0.25, -0.2) is 0 Å². The molecule has 130 valence electrons. The topological polar surface area (TPSA) is 93.8 Å². The van der Waals surface area contributed by atoms with Crippen LogP contribution in [-0.2, 0) is 4.79 Å². The van der Waals surface area contributed by atoms with E-state index in [1.54, 1.807) is 6.07 Å². The van der Waals surface area contributed by atoms with Gasteiger partial charge >= 0.3 is 0 Å². The Bertz CT molecular complexity index is 1080. The van der Waals surface area contributed by atoms with E-state index in [2.05, 4.69) is 24.3 Å². The SMILES string of the molecule is Cc1cccc(-c2nnc(SCC(=O)Nc3cccc4nsnc34)o2)c1. The monoisotopic (exact) mass is 383 g/mol. The molecule has 0 unspecified atom stereocenters. The molecule has 0 bridgehead atoms.